The van der Waals surface area contributed by atoms with Crippen LogP contribution in [0.3, 0.4) is 0 Å². The second-order valence-corrected chi connectivity index (χ2v) is 33.0. The normalized spacial score (nSPS) is 33.0. The Bertz CT molecular complexity index is 5280. The number of likely N-dealkylation sites (tertiary alicyclic amines) is 1. The molecule has 16 saturated heterocycles. The first-order valence-corrected chi connectivity index (χ1v) is 38.6. The molecular weight excluding hydrogens is 1500 g/mol. The van der Waals surface area contributed by atoms with Gasteiger partial charge in [0.15, 0.2) is 0 Å². The van der Waals surface area contributed by atoms with E-state index < -0.39 is 279 Å². The molecule has 14 bridgehead atoms. The van der Waals surface area contributed by atoms with E-state index in [0.717, 1.165) is 45.6 Å². The summed E-state index contributed by atoms with van der Waals surface area (Å²) in [6.45, 7) is -2.64. The third-order valence-corrected chi connectivity index (χ3v) is 26.3. The van der Waals surface area contributed by atoms with Crippen molar-refractivity contribution in [1.82, 2.24) is 96.6 Å². The number of carbonyl (C=O) groups excluding carboxylic acids is 17. The number of nitrogens with zero attached hydrogens (tertiary/aromatic N) is 10. The molecule has 15 atom stereocenters. The lowest BCUT2D eigenvalue weighted by Crippen LogP contribution is -2.72. The minimum Gasteiger partial charge on any atom is -0.445 e. The molecule has 38 heteroatoms. The van der Waals surface area contributed by atoms with Gasteiger partial charge >= 0.3 is 6.09 Å². The number of aryl methyl sites for hydroxylation is 1. The quantitative estimate of drug-likeness (QED) is 0.0550. The molecule has 602 valence electrons. The summed E-state index contributed by atoms with van der Waals surface area (Å²) in [7, 11) is 1.64. The van der Waals surface area contributed by atoms with Crippen LogP contribution in [0.25, 0.3) is 21.5 Å². The minimum absolute atomic E-state index is 0.133. The molecule has 2 unspecified atom stereocenters. The fourth-order valence-corrected chi connectivity index (χ4v) is 20.5. The molecule has 0 aliphatic carbocycles. The van der Waals surface area contributed by atoms with Crippen LogP contribution in [0.1, 0.15) is 61.8 Å². The molecule has 16 aliphatic rings. The van der Waals surface area contributed by atoms with Gasteiger partial charge in [-0.3, -0.25) is 81.6 Å². The first-order valence-electron chi connectivity index (χ1n) is 38.6. The number of fused-ring (bicyclic) bond motifs is 2. The summed E-state index contributed by atoms with van der Waals surface area (Å²) < 4.78 is 7.08. The number of piperazine rings is 6. The first kappa shape index (κ1) is 74.5. The third kappa shape index (κ3) is 11.3. The lowest BCUT2D eigenvalue weighted by Gasteiger charge is -2.49. The molecule has 1 aromatic heterocycles. The number of amides is 17. The van der Waals surface area contributed by atoms with Gasteiger partial charge in [-0.15, -0.1) is 0 Å². The van der Waals surface area contributed by atoms with E-state index in [0.29, 0.717) is 22.2 Å². The molecule has 5 aromatic rings. The number of benzene rings is 4. The average molecular weight is 1590 g/mol. The van der Waals surface area contributed by atoms with E-state index in [-0.39, 0.29) is 39.1 Å². The molecule has 21 rings (SSSR count). The predicted octanol–water partition coefficient (Wildman–Crippen LogP) is -6.24. The molecule has 6 spiro atoms. The Hall–Kier alpha value is -12.9. The number of hydrogen-bond donors (Lipinski definition) is 10. The summed E-state index contributed by atoms with van der Waals surface area (Å²) in [5.41, 5.74) is -4.56. The van der Waals surface area contributed by atoms with Crippen LogP contribution in [0.5, 0.6) is 0 Å². The number of carbonyl (C=O) groups is 17. The highest BCUT2D eigenvalue weighted by molar-refractivity contribution is 6.12. The van der Waals surface area contributed by atoms with Crippen LogP contribution in [0.2, 0.25) is 0 Å². The summed E-state index contributed by atoms with van der Waals surface area (Å²) in [4.78, 5) is 270. The number of hydrogen-bond acceptors (Lipinski definition) is 20. The maximum Gasteiger partial charge on any atom is 0.410 e. The Kier molecular flexibility index (Phi) is 17.3. The number of nitrogens with two attached hydrogens (primary N) is 1. The Labute approximate surface area is 659 Å². The average Bonchev–Trinajstić information content (AvgIpc) is 1.53. The lowest BCUT2D eigenvalue weighted by molar-refractivity contribution is -0.169. The summed E-state index contributed by atoms with van der Waals surface area (Å²) >= 11 is 0. The number of nitrogens with one attached hydrogen (secondary N) is 9. The Morgan fingerprint density at radius 3 is 1.67 bits per heavy atom. The van der Waals surface area contributed by atoms with Crippen LogP contribution in [0.4, 0.5) is 4.79 Å². The zero-order valence-corrected chi connectivity index (χ0v) is 62.8. The number of primary amides is 1. The summed E-state index contributed by atoms with van der Waals surface area (Å²) in [6.07, 6.45) is -0.360. The highest BCUT2D eigenvalue weighted by Crippen LogP contribution is 2.50. The fraction of sp³-hybridized carbons (Fsp3) is 0.462. The van der Waals surface area contributed by atoms with Crippen LogP contribution in [-0.2, 0) is 108 Å². The van der Waals surface area contributed by atoms with Gasteiger partial charge in [0.2, 0.25) is 70.9 Å². The second-order valence-electron chi connectivity index (χ2n) is 33.0. The lowest BCUT2D eigenvalue weighted by atomic mass is 9.85. The minimum atomic E-state index is -2.18. The summed E-state index contributed by atoms with van der Waals surface area (Å²) in [5.74, 6) is -13.2. The van der Waals surface area contributed by atoms with Gasteiger partial charge in [-0.25, -0.2) is 9.78 Å². The van der Waals surface area contributed by atoms with Gasteiger partial charge in [0.1, 0.15) is 94.2 Å². The molecule has 11 N–H and O–H groups in total. The maximum atomic E-state index is 16.5. The molecule has 4 aromatic carbocycles. The van der Waals surface area contributed by atoms with Gasteiger partial charge < -0.3 is 97.2 Å². The molecule has 116 heavy (non-hydrogen) atoms. The smallest absolute Gasteiger partial charge is 0.410 e. The molecule has 17 heterocycles. The third-order valence-electron chi connectivity index (χ3n) is 26.3. The van der Waals surface area contributed by atoms with E-state index in [1.165, 1.54) is 28.4 Å². The largest absolute Gasteiger partial charge is 0.445 e. The standard InChI is InChI=1S/C78H82N20O18/c1-3-20-116-72(115)96-38-78-26-52(96)60(103)82-19-18-47-58(101)86-73(66(109)84-47)22-50-62(105)88-75(68(111)92(50)33-73)24-54-64(107)97(31-43-15-9-13-41-11-5-7-17-46(41)43)77(70(113)94(54)35-75)27-53(61(104)83-48(57(79)100)21-42-14-8-12-40-10-4-6-16-45(40)42)91(37-77)56(99)30-80-29-49-59(102)87-74(67(110)85-49)23-51-63(106)89-76(69(112)93(51)34-74)25-55(95(36-76)71(78)114)65(108)98(78)32-44-28-81-39-90(44)2/h3-17,28,39,47-55,80H,1,18-27,29-38H2,2H3,(H2,79,100)(H,82,103)(H,83,104)(H,84,109)(H,85,110)(H,86,101)(H,87,102)(H,88,105)(H,89,106)/t47-,48+,49+,50?,51+,52+,53+,54?,55+,73+,74+,75+,76+,77+,78+/m1/s1. The zero-order chi connectivity index (χ0) is 81.2. The van der Waals surface area contributed by atoms with E-state index in [4.69, 9.17) is 10.5 Å². The predicted molar refractivity (Wildman–Crippen MR) is 398 cm³/mol. The van der Waals surface area contributed by atoms with Gasteiger partial charge in [0.25, 0.3) is 23.6 Å². The van der Waals surface area contributed by atoms with E-state index >= 15 is 38.4 Å². The van der Waals surface area contributed by atoms with Crippen LogP contribution in [0.15, 0.2) is 110 Å². The monoisotopic (exact) mass is 1590 g/mol. The fourth-order valence-electron chi connectivity index (χ4n) is 20.5. The van der Waals surface area contributed by atoms with Crippen molar-refractivity contribution in [3.05, 3.63) is 127 Å². The van der Waals surface area contributed by atoms with E-state index in [2.05, 4.69) is 59.4 Å². The van der Waals surface area contributed by atoms with E-state index in [1.54, 1.807) is 48.0 Å². The van der Waals surface area contributed by atoms with E-state index in [1.807, 2.05) is 48.5 Å². The molecule has 17 amide bonds. The van der Waals surface area contributed by atoms with Crippen molar-refractivity contribution in [1.29, 1.82) is 0 Å². The van der Waals surface area contributed by atoms with Gasteiger partial charge in [0, 0.05) is 77.8 Å². The number of rotatable bonds is 11. The molecular formula is C78H82N20O18. The maximum absolute atomic E-state index is 16.5. The molecule has 0 saturated carbocycles. The van der Waals surface area contributed by atoms with Crippen molar-refractivity contribution in [2.75, 3.05) is 65.5 Å². The van der Waals surface area contributed by atoms with Crippen LogP contribution < -0.4 is 53.6 Å². The van der Waals surface area contributed by atoms with Gasteiger partial charge in [0.05, 0.1) is 64.4 Å². The Morgan fingerprint density at radius 2 is 1.09 bits per heavy atom. The number of imidazole rings is 1. The van der Waals surface area contributed by atoms with E-state index in [9.17, 15) is 43.2 Å². The van der Waals surface area contributed by atoms with Crippen molar-refractivity contribution in [3.63, 3.8) is 0 Å². The molecule has 16 fully saturated rings. The van der Waals surface area contributed by atoms with Crippen molar-refractivity contribution in [2.45, 2.75) is 152 Å². The van der Waals surface area contributed by atoms with Gasteiger partial charge in [-0.1, -0.05) is 97.6 Å². The first-order chi connectivity index (χ1) is 55.5. The SMILES string of the molecule is C=CCOC(=O)N1C[C@]23C[C@H]1C(=O)NCC[C@H]1NC(=O)[C@@]4(CC5C(=O)N[C@]6(CC7C(=O)N(Cc8cccc9ccccc89)[C@]8(C[C@@H](C(=O)N[C@@H](Cc9cccc%10ccccc9%10)C(N)=O)N(C8)C(=O)CNC[C@@H]8NC(=O)[C@@]9(C[C@H]%10C(=O)N[C@]%11(C[C@@H](C(=O)N2Cc2cncn2C)N(C%11)C3=O)C(=O)N%10C9)NC8=O)C(=O)N7C6)C(=O)N5C4)NC1=O. The van der Waals surface area contributed by atoms with Crippen molar-refractivity contribution in [3.8, 4) is 0 Å². The second kappa shape index (κ2) is 26.9. The van der Waals surface area contributed by atoms with Gasteiger partial charge in [-0.05, 0) is 39.1 Å². The summed E-state index contributed by atoms with van der Waals surface area (Å²) in [5, 5.41) is 27.9. The van der Waals surface area contributed by atoms with Crippen LogP contribution in [-0.4, -0.2) is 302 Å². The van der Waals surface area contributed by atoms with Gasteiger partial charge in [-0.2, -0.15) is 0 Å². The summed E-state index contributed by atoms with van der Waals surface area (Å²) in [6, 6.07) is 12.1. The molecule has 38 nitrogen and oxygen atoms in total. The number of ether oxygens (including phenoxy) is 1. The van der Waals surface area contributed by atoms with Crippen LogP contribution in [0, 0.1) is 0 Å². The highest BCUT2D eigenvalue weighted by atomic mass is 16.6. The van der Waals surface area contributed by atoms with Crippen LogP contribution >= 0.6 is 0 Å². The van der Waals surface area contributed by atoms with Crippen molar-refractivity contribution >= 4 is 122 Å². The molecule has 0 radical (unpaired) electrons. The van der Waals surface area contributed by atoms with Crippen molar-refractivity contribution in [2.24, 2.45) is 12.8 Å². The topological polar surface area (TPSA) is 477 Å². The van der Waals surface area contributed by atoms with Crippen molar-refractivity contribution < 1.29 is 86.2 Å². The number of aromatic nitrogens is 2. The zero-order valence-electron chi connectivity index (χ0n) is 62.8. The highest BCUT2D eigenvalue weighted by Gasteiger charge is 2.73. The molecule has 16 aliphatic heterocycles. The Morgan fingerprint density at radius 1 is 0.569 bits per heavy atom. The Balaban J connectivity index is 0.689.